The molecule has 0 bridgehead atoms. The highest BCUT2D eigenvalue weighted by atomic mass is 32.1. The zero-order valence-corrected chi connectivity index (χ0v) is 11.9. The fourth-order valence-corrected chi connectivity index (χ4v) is 2.45. The van der Waals surface area contributed by atoms with Crippen LogP contribution in [0.3, 0.4) is 0 Å². The lowest BCUT2D eigenvalue weighted by Crippen LogP contribution is -2.37. The molecular weight excluding hydrogens is 260 g/mol. The summed E-state index contributed by atoms with van der Waals surface area (Å²) in [5.41, 5.74) is 2.25. The van der Waals surface area contributed by atoms with Crippen molar-refractivity contribution >= 4 is 17.4 Å². The topological polar surface area (TPSA) is 59.0 Å². The van der Waals surface area contributed by atoms with E-state index in [-0.39, 0.29) is 12.1 Å². The number of carbonyl (C=O) groups is 1. The van der Waals surface area contributed by atoms with E-state index in [9.17, 15) is 4.79 Å². The molecule has 2 rings (SSSR count). The second kappa shape index (κ2) is 6.38. The number of amides is 2. The molecule has 2 aromatic rings. The fraction of sp³-hybridized carbons (Fsp3) is 0.385. The van der Waals surface area contributed by atoms with Crippen LogP contribution in [0.1, 0.15) is 24.1 Å². The largest absolute Gasteiger partial charge is 0.338 e. The van der Waals surface area contributed by atoms with E-state index < -0.39 is 0 Å². The quantitative estimate of drug-likeness (QED) is 0.879. The van der Waals surface area contributed by atoms with E-state index >= 15 is 0 Å². The Hall–Kier alpha value is -1.82. The Morgan fingerprint density at radius 2 is 2.42 bits per heavy atom. The molecule has 2 N–H and O–H groups in total. The maximum Gasteiger partial charge on any atom is 0.315 e. The number of carbonyl (C=O) groups excluding carboxylic acids is 1. The normalized spacial score (nSPS) is 12.1. The van der Waals surface area contributed by atoms with Crippen molar-refractivity contribution in [2.75, 3.05) is 6.54 Å². The molecule has 0 spiro atoms. The molecule has 2 aromatic heterocycles. The van der Waals surface area contributed by atoms with E-state index in [0.717, 1.165) is 12.0 Å². The first kappa shape index (κ1) is 13.6. The summed E-state index contributed by atoms with van der Waals surface area (Å²) < 4.78 is 1.72. The Morgan fingerprint density at radius 3 is 3.05 bits per heavy atom. The number of urea groups is 1. The second-order valence-electron chi connectivity index (χ2n) is 4.45. The van der Waals surface area contributed by atoms with Gasteiger partial charge >= 0.3 is 6.03 Å². The van der Waals surface area contributed by atoms with Crippen molar-refractivity contribution in [2.24, 2.45) is 7.05 Å². The molecule has 19 heavy (non-hydrogen) atoms. The molecule has 1 atom stereocenters. The van der Waals surface area contributed by atoms with E-state index in [1.807, 2.05) is 25.5 Å². The zero-order chi connectivity index (χ0) is 13.7. The van der Waals surface area contributed by atoms with Crippen LogP contribution in [-0.4, -0.2) is 22.4 Å². The summed E-state index contributed by atoms with van der Waals surface area (Å²) in [7, 11) is 1.86. The molecule has 0 radical (unpaired) electrons. The number of aromatic nitrogens is 2. The number of thiophene rings is 1. The first-order chi connectivity index (χ1) is 9.15. The van der Waals surface area contributed by atoms with E-state index in [2.05, 4.69) is 27.2 Å². The van der Waals surface area contributed by atoms with Crippen molar-refractivity contribution in [3.8, 4) is 0 Å². The Bertz CT molecular complexity index is 520. The van der Waals surface area contributed by atoms with E-state index in [0.29, 0.717) is 6.54 Å². The predicted octanol–water partition coefficient (Wildman–Crippen LogP) is 2.08. The van der Waals surface area contributed by atoms with Crippen LogP contribution in [0.15, 0.2) is 29.2 Å². The minimum absolute atomic E-state index is 0.0464. The molecule has 0 fully saturated rings. The van der Waals surface area contributed by atoms with Crippen LogP contribution in [-0.2, 0) is 13.5 Å². The maximum atomic E-state index is 11.7. The molecule has 2 heterocycles. The zero-order valence-electron chi connectivity index (χ0n) is 11.1. The summed E-state index contributed by atoms with van der Waals surface area (Å²) >= 11 is 1.67. The number of hydrogen-bond acceptors (Lipinski definition) is 3. The van der Waals surface area contributed by atoms with Gasteiger partial charge in [-0.2, -0.15) is 16.4 Å². The Balaban J connectivity index is 1.72. The molecule has 102 valence electrons. The first-order valence-electron chi connectivity index (χ1n) is 6.19. The third-order valence-electron chi connectivity index (χ3n) is 2.85. The third-order valence-corrected chi connectivity index (χ3v) is 3.58. The minimum atomic E-state index is -0.147. The summed E-state index contributed by atoms with van der Waals surface area (Å²) in [5.74, 6) is 0. The van der Waals surface area contributed by atoms with Gasteiger partial charge in [-0.15, -0.1) is 0 Å². The lowest BCUT2D eigenvalue weighted by atomic mass is 10.2. The number of hydrogen-bond donors (Lipinski definition) is 2. The maximum absolute atomic E-state index is 11.7. The number of nitrogens with zero attached hydrogens (tertiary/aromatic N) is 2. The molecule has 0 aliphatic heterocycles. The summed E-state index contributed by atoms with van der Waals surface area (Å²) in [6.07, 6.45) is 4.52. The predicted molar refractivity (Wildman–Crippen MR) is 76.2 cm³/mol. The minimum Gasteiger partial charge on any atom is -0.338 e. The fourth-order valence-electron chi connectivity index (χ4n) is 1.75. The van der Waals surface area contributed by atoms with Gasteiger partial charge in [0, 0.05) is 25.4 Å². The average molecular weight is 278 g/mol. The number of nitrogens with one attached hydrogen (secondary N) is 2. The van der Waals surface area contributed by atoms with Crippen LogP contribution in [0.5, 0.6) is 0 Å². The molecule has 0 aliphatic rings. The highest BCUT2D eigenvalue weighted by Gasteiger charge is 2.10. The van der Waals surface area contributed by atoms with Crippen LogP contribution >= 0.6 is 11.3 Å². The van der Waals surface area contributed by atoms with E-state index in [1.165, 1.54) is 5.56 Å². The van der Waals surface area contributed by atoms with Gasteiger partial charge in [-0.05, 0) is 35.7 Å². The molecule has 2 amide bonds. The van der Waals surface area contributed by atoms with Crippen molar-refractivity contribution < 1.29 is 4.79 Å². The van der Waals surface area contributed by atoms with Crippen LogP contribution in [0.2, 0.25) is 0 Å². The van der Waals surface area contributed by atoms with Crippen LogP contribution in [0.4, 0.5) is 4.79 Å². The summed E-state index contributed by atoms with van der Waals surface area (Å²) in [6, 6.07) is 1.88. The molecule has 0 unspecified atom stereocenters. The standard InChI is InChI=1S/C13H18N4OS/c1-10(12-7-15-17(2)8-12)16-13(18)14-5-3-11-4-6-19-9-11/h4,6-10H,3,5H2,1-2H3,(H2,14,16,18)/t10-/m1/s1. The van der Waals surface area contributed by atoms with E-state index in [4.69, 9.17) is 0 Å². The smallest absolute Gasteiger partial charge is 0.315 e. The molecule has 0 saturated carbocycles. The van der Waals surface area contributed by atoms with Gasteiger partial charge in [0.2, 0.25) is 0 Å². The number of rotatable bonds is 5. The second-order valence-corrected chi connectivity index (χ2v) is 5.23. The third kappa shape index (κ3) is 4.10. The van der Waals surface area contributed by atoms with Gasteiger partial charge in [-0.3, -0.25) is 4.68 Å². The van der Waals surface area contributed by atoms with Crippen molar-refractivity contribution in [1.82, 2.24) is 20.4 Å². The lowest BCUT2D eigenvalue weighted by molar-refractivity contribution is 0.238. The van der Waals surface area contributed by atoms with Gasteiger partial charge in [-0.1, -0.05) is 0 Å². The molecule has 0 aliphatic carbocycles. The van der Waals surface area contributed by atoms with Gasteiger partial charge in [0.15, 0.2) is 0 Å². The van der Waals surface area contributed by atoms with Crippen molar-refractivity contribution in [1.29, 1.82) is 0 Å². The Kier molecular flexibility index (Phi) is 4.57. The van der Waals surface area contributed by atoms with Crippen molar-refractivity contribution in [3.63, 3.8) is 0 Å². The van der Waals surface area contributed by atoms with Gasteiger partial charge in [0.1, 0.15) is 0 Å². The average Bonchev–Trinajstić information content (AvgIpc) is 3.00. The van der Waals surface area contributed by atoms with Gasteiger partial charge in [0.05, 0.1) is 12.2 Å². The lowest BCUT2D eigenvalue weighted by Gasteiger charge is -2.12. The molecule has 0 saturated heterocycles. The number of aryl methyl sites for hydroxylation is 1. The molecule has 5 nitrogen and oxygen atoms in total. The summed E-state index contributed by atoms with van der Waals surface area (Å²) in [6.45, 7) is 2.58. The van der Waals surface area contributed by atoms with Crippen LogP contribution < -0.4 is 10.6 Å². The van der Waals surface area contributed by atoms with E-state index in [1.54, 1.807) is 22.2 Å². The van der Waals surface area contributed by atoms with Gasteiger partial charge < -0.3 is 10.6 Å². The van der Waals surface area contributed by atoms with Crippen LogP contribution in [0.25, 0.3) is 0 Å². The highest BCUT2D eigenvalue weighted by molar-refractivity contribution is 7.07. The molecule has 0 aromatic carbocycles. The monoisotopic (exact) mass is 278 g/mol. The SMILES string of the molecule is C[C@@H](NC(=O)NCCc1ccsc1)c1cnn(C)c1. The highest BCUT2D eigenvalue weighted by Crippen LogP contribution is 2.09. The van der Waals surface area contributed by atoms with Crippen LogP contribution in [0, 0.1) is 0 Å². The summed E-state index contributed by atoms with van der Waals surface area (Å²) in [5, 5.41) is 14.0. The van der Waals surface area contributed by atoms with Gasteiger partial charge in [-0.25, -0.2) is 4.79 Å². The Labute approximate surface area is 116 Å². The molecular formula is C13H18N4OS. The summed E-state index contributed by atoms with van der Waals surface area (Å²) in [4.78, 5) is 11.7. The molecule has 6 heteroatoms. The van der Waals surface area contributed by atoms with Gasteiger partial charge in [0.25, 0.3) is 0 Å². The first-order valence-corrected chi connectivity index (χ1v) is 7.13. The van der Waals surface area contributed by atoms with Crippen molar-refractivity contribution in [2.45, 2.75) is 19.4 Å². The van der Waals surface area contributed by atoms with Crippen molar-refractivity contribution in [3.05, 3.63) is 40.3 Å². The Morgan fingerprint density at radius 1 is 1.58 bits per heavy atom.